The predicted molar refractivity (Wildman–Crippen MR) is 101 cm³/mol. The summed E-state index contributed by atoms with van der Waals surface area (Å²) < 4.78 is 11.9. The Hall–Kier alpha value is -3.07. The summed E-state index contributed by atoms with van der Waals surface area (Å²) in [5, 5.41) is 15.1. The van der Waals surface area contributed by atoms with Crippen LogP contribution in [-0.4, -0.2) is 46.1 Å². The summed E-state index contributed by atoms with van der Waals surface area (Å²) in [5.74, 6) is 1.61. The third kappa shape index (κ3) is 4.98. The van der Waals surface area contributed by atoms with Crippen molar-refractivity contribution in [2.75, 3.05) is 20.0 Å². The number of nitrogens with zero attached hydrogens (tertiary/aromatic N) is 4. The Bertz CT molecular complexity index is 898. The SMILES string of the molecule is COc1ccc(-n2nnnc2SCC(=O)NCc2cccc(OC)c2)cc1. The van der Waals surface area contributed by atoms with Crippen LogP contribution in [0.15, 0.2) is 53.7 Å². The third-order valence-electron chi connectivity index (χ3n) is 3.71. The first kappa shape index (κ1) is 18.7. The van der Waals surface area contributed by atoms with Crippen LogP contribution in [0.2, 0.25) is 0 Å². The van der Waals surface area contributed by atoms with Crippen molar-refractivity contribution in [3.63, 3.8) is 0 Å². The molecule has 3 rings (SSSR count). The number of methoxy groups -OCH3 is 2. The van der Waals surface area contributed by atoms with E-state index in [1.165, 1.54) is 11.8 Å². The van der Waals surface area contributed by atoms with Crippen molar-refractivity contribution in [3.8, 4) is 17.2 Å². The third-order valence-corrected chi connectivity index (χ3v) is 4.63. The van der Waals surface area contributed by atoms with Gasteiger partial charge in [0.25, 0.3) is 0 Å². The Labute approximate surface area is 160 Å². The minimum absolute atomic E-state index is 0.105. The van der Waals surface area contributed by atoms with Crippen molar-refractivity contribution in [1.82, 2.24) is 25.5 Å². The van der Waals surface area contributed by atoms with Gasteiger partial charge in [0.15, 0.2) is 0 Å². The Morgan fingerprint density at radius 1 is 1.11 bits per heavy atom. The van der Waals surface area contributed by atoms with Crippen LogP contribution in [0.5, 0.6) is 11.5 Å². The number of carbonyl (C=O) groups excluding carboxylic acids is 1. The number of tetrazole rings is 1. The van der Waals surface area contributed by atoms with Gasteiger partial charge in [0.2, 0.25) is 11.1 Å². The van der Waals surface area contributed by atoms with Crippen LogP contribution in [-0.2, 0) is 11.3 Å². The van der Waals surface area contributed by atoms with E-state index in [1.807, 2.05) is 48.5 Å². The fraction of sp³-hybridized carbons (Fsp3) is 0.222. The minimum atomic E-state index is -0.105. The molecule has 0 unspecified atom stereocenters. The lowest BCUT2D eigenvalue weighted by Gasteiger charge is -2.07. The van der Waals surface area contributed by atoms with Crippen LogP contribution < -0.4 is 14.8 Å². The number of hydrogen-bond acceptors (Lipinski definition) is 7. The van der Waals surface area contributed by atoms with Gasteiger partial charge in [0, 0.05) is 6.54 Å². The largest absolute Gasteiger partial charge is 0.497 e. The molecule has 0 saturated carbocycles. The predicted octanol–water partition coefficient (Wildman–Crippen LogP) is 2.09. The first-order valence-corrected chi connectivity index (χ1v) is 9.13. The van der Waals surface area contributed by atoms with E-state index in [2.05, 4.69) is 20.8 Å². The summed E-state index contributed by atoms with van der Waals surface area (Å²) in [5.41, 5.74) is 1.76. The number of aromatic nitrogens is 4. The van der Waals surface area contributed by atoms with Gasteiger partial charge in [0.1, 0.15) is 11.5 Å². The Morgan fingerprint density at radius 3 is 2.63 bits per heavy atom. The van der Waals surface area contributed by atoms with Crippen molar-refractivity contribution < 1.29 is 14.3 Å². The molecule has 0 saturated heterocycles. The normalized spacial score (nSPS) is 10.4. The molecule has 1 heterocycles. The highest BCUT2D eigenvalue weighted by Crippen LogP contribution is 2.20. The van der Waals surface area contributed by atoms with Crippen LogP contribution in [0, 0.1) is 0 Å². The highest BCUT2D eigenvalue weighted by molar-refractivity contribution is 7.99. The Balaban J connectivity index is 1.55. The van der Waals surface area contributed by atoms with Crippen LogP contribution in [0.25, 0.3) is 5.69 Å². The van der Waals surface area contributed by atoms with Crippen LogP contribution in [0.1, 0.15) is 5.56 Å². The van der Waals surface area contributed by atoms with E-state index in [0.29, 0.717) is 11.7 Å². The van der Waals surface area contributed by atoms with E-state index in [1.54, 1.807) is 18.9 Å². The summed E-state index contributed by atoms with van der Waals surface area (Å²) in [6, 6.07) is 14.9. The number of carbonyl (C=O) groups is 1. The molecule has 0 aliphatic rings. The zero-order chi connectivity index (χ0) is 19.1. The van der Waals surface area contributed by atoms with E-state index in [4.69, 9.17) is 9.47 Å². The molecule has 0 fully saturated rings. The highest BCUT2D eigenvalue weighted by Gasteiger charge is 2.11. The average Bonchev–Trinajstić information content (AvgIpc) is 3.19. The second-order valence-electron chi connectivity index (χ2n) is 5.49. The molecule has 0 atom stereocenters. The van der Waals surface area contributed by atoms with Crippen molar-refractivity contribution in [3.05, 3.63) is 54.1 Å². The minimum Gasteiger partial charge on any atom is -0.497 e. The maximum atomic E-state index is 12.1. The second-order valence-corrected chi connectivity index (χ2v) is 6.43. The topological polar surface area (TPSA) is 91.2 Å². The maximum Gasteiger partial charge on any atom is 0.230 e. The summed E-state index contributed by atoms with van der Waals surface area (Å²) in [7, 11) is 3.22. The number of nitrogens with one attached hydrogen (secondary N) is 1. The van der Waals surface area contributed by atoms with E-state index in [-0.39, 0.29) is 11.7 Å². The Morgan fingerprint density at radius 2 is 1.89 bits per heavy atom. The monoisotopic (exact) mass is 385 g/mol. The van der Waals surface area contributed by atoms with E-state index < -0.39 is 0 Å². The smallest absolute Gasteiger partial charge is 0.230 e. The molecule has 1 N–H and O–H groups in total. The molecule has 1 aromatic heterocycles. The fourth-order valence-corrected chi connectivity index (χ4v) is 3.04. The average molecular weight is 385 g/mol. The number of thioether (sulfide) groups is 1. The standard InChI is InChI=1S/C18H19N5O3S/c1-25-15-8-6-14(7-9-15)23-18(20-21-22-23)27-12-17(24)19-11-13-4-3-5-16(10-13)26-2/h3-10H,11-12H2,1-2H3,(H,19,24). The molecule has 9 heteroatoms. The number of amides is 1. The molecule has 0 aliphatic carbocycles. The summed E-state index contributed by atoms with van der Waals surface area (Å²) >= 11 is 1.27. The molecular weight excluding hydrogens is 366 g/mol. The molecule has 140 valence electrons. The molecule has 2 aromatic carbocycles. The van der Waals surface area contributed by atoms with Crippen LogP contribution >= 0.6 is 11.8 Å². The molecular formula is C18H19N5O3S. The quantitative estimate of drug-likeness (QED) is 0.594. The van der Waals surface area contributed by atoms with E-state index in [9.17, 15) is 4.79 Å². The van der Waals surface area contributed by atoms with Crippen LogP contribution in [0.4, 0.5) is 0 Å². The lowest BCUT2D eigenvalue weighted by Crippen LogP contribution is -2.24. The van der Waals surface area contributed by atoms with Gasteiger partial charge in [-0.2, -0.15) is 4.68 Å². The molecule has 27 heavy (non-hydrogen) atoms. The lowest BCUT2D eigenvalue weighted by atomic mass is 10.2. The number of hydrogen-bond donors (Lipinski definition) is 1. The number of rotatable bonds is 8. The zero-order valence-corrected chi connectivity index (χ0v) is 15.8. The van der Waals surface area contributed by atoms with Crippen molar-refractivity contribution in [1.29, 1.82) is 0 Å². The van der Waals surface area contributed by atoms with Gasteiger partial charge in [-0.1, -0.05) is 23.9 Å². The first-order valence-electron chi connectivity index (χ1n) is 8.15. The van der Waals surface area contributed by atoms with Gasteiger partial charge in [0.05, 0.1) is 25.7 Å². The molecule has 0 spiro atoms. The van der Waals surface area contributed by atoms with Crippen LogP contribution in [0.3, 0.4) is 0 Å². The highest BCUT2D eigenvalue weighted by atomic mass is 32.2. The molecule has 0 bridgehead atoms. The summed E-state index contributed by atoms with van der Waals surface area (Å²) in [6.07, 6.45) is 0. The van der Waals surface area contributed by atoms with Gasteiger partial charge >= 0.3 is 0 Å². The fourth-order valence-electron chi connectivity index (χ4n) is 2.32. The van der Waals surface area contributed by atoms with Gasteiger partial charge in [-0.25, -0.2) is 0 Å². The van der Waals surface area contributed by atoms with Crippen molar-refractivity contribution >= 4 is 17.7 Å². The molecule has 8 nitrogen and oxygen atoms in total. The van der Waals surface area contributed by atoms with E-state index >= 15 is 0 Å². The number of ether oxygens (including phenoxy) is 2. The molecule has 1 amide bonds. The maximum absolute atomic E-state index is 12.1. The van der Waals surface area contributed by atoms with Gasteiger partial charge in [-0.05, 0) is 52.4 Å². The van der Waals surface area contributed by atoms with E-state index in [0.717, 1.165) is 22.7 Å². The molecule has 0 aliphatic heterocycles. The molecule has 3 aromatic rings. The van der Waals surface area contributed by atoms with Gasteiger partial charge in [-0.3, -0.25) is 4.79 Å². The molecule has 0 radical (unpaired) electrons. The lowest BCUT2D eigenvalue weighted by molar-refractivity contribution is -0.118. The second kappa shape index (κ2) is 9.04. The van der Waals surface area contributed by atoms with Crippen molar-refractivity contribution in [2.45, 2.75) is 11.7 Å². The first-order chi connectivity index (χ1) is 13.2. The number of benzene rings is 2. The van der Waals surface area contributed by atoms with Gasteiger partial charge < -0.3 is 14.8 Å². The summed E-state index contributed by atoms with van der Waals surface area (Å²) in [6.45, 7) is 0.431. The summed E-state index contributed by atoms with van der Waals surface area (Å²) in [4.78, 5) is 12.1. The van der Waals surface area contributed by atoms with Crippen molar-refractivity contribution in [2.24, 2.45) is 0 Å². The van der Waals surface area contributed by atoms with Gasteiger partial charge in [-0.15, -0.1) is 5.10 Å². The zero-order valence-electron chi connectivity index (χ0n) is 15.0. The Kier molecular flexibility index (Phi) is 6.26.